The average molecular weight is 602 g/mol. The molecule has 228 valence electrons. The summed E-state index contributed by atoms with van der Waals surface area (Å²) in [5.41, 5.74) is -1.04. The van der Waals surface area contributed by atoms with Crippen molar-refractivity contribution in [3.05, 3.63) is 101 Å². The van der Waals surface area contributed by atoms with Crippen LogP contribution in [0.3, 0.4) is 0 Å². The van der Waals surface area contributed by atoms with E-state index in [-0.39, 0.29) is 25.0 Å². The van der Waals surface area contributed by atoms with Crippen LogP contribution < -0.4 is 10.2 Å². The van der Waals surface area contributed by atoms with Crippen LogP contribution in [0.1, 0.15) is 42.9 Å². The lowest BCUT2D eigenvalue weighted by molar-refractivity contribution is -0.141. The number of nitrogens with zero attached hydrogens (tertiary/aromatic N) is 2. The quantitative estimate of drug-likeness (QED) is 0.350. The second-order valence-corrected chi connectivity index (χ2v) is 11.2. The second-order valence-electron chi connectivity index (χ2n) is 11.2. The number of benzene rings is 3. The minimum absolute atomic E-state index is 0.0934. The Balaban J connectivity index is 1.36. The van der Waals surface area contributed by atoms with Crippen molar-refractivity contribution in [1.82, 2.24) is 10.2 Å². The predicted octanol–water partition coefficient (Wildman–Crippen LogP) is 5.76. The molecule has 2 heterocycles. The number of likely N-dealkylation sites (tertiary alicyclic amines) is 1. The fourth-order valence-electron chi connectivity index (χ4n) is 6.06. The highest BCUT2D eigenvalue weighted by Gasteiger charge is 2.44. The van der Waals surface area contributed by atoms with Gasteiger partial charge in [0.1, 0.15) is 12.2 Å². The molecule has 2 fully saturated rings. The summed E-state index contributed by atoms with van der Waals surface area (Å²) in [5.74, 6) is -2.54. The van der Waals surface area contributed by atoms with Gasteiger partial charge in [-0.2, -0.15) is 13.2 Å². The number of piperidine rings is 1. The lowest BCUT2D eigenvalue weighted by Crippen LogP contribution is -2.55. The Labute approximate surface area is 246 Å². The molecule has 2 saturated heterocycles. The second kappa shape index (κ2) is 12.0. The molecule has 1 N–H and O–H groups in total. The largest absolute Gasteiger partial charge is 0.416 e. The zero-order chi connectivity index (χ0) is 30.8. The van der Waals surface area contributed by atoms with Crippen molar-refractivity contribution < 1.29 is 36.3 Å². The molecule has 2 amide bonds. The van der Waals surface area contributed by atoms with Gasteiger partial charge in [0.2, 0.25) is 5.91 Å². The Kier molecular flexibility index (Phi) is 8.58. The normalized spacial score (nSPS) is 21.1. The number of hydrogen-bond acceptors (Lipinski definition) is 4. The first-order valence-corrected chi connectivity index (χ1v) is 14.0. The van der Waals surface area contributed by atoms with Crippen LogP contribution in [0.5, 0.6) is 0 Å². The van der Waals surface area contributed by atoms with Gasteiger partial charge in [-0.05, 0) is 66.8 Å². The van der Waals surface area contributed by atoms with Gasteiger partial charge in [-0.25, -0.2) is 8.78 Å². The smallest absolute Gasteiger partial charge is 0.359 e. The zero-order valence-corrected chi connectivity index (χ0v) is 23.6. The van der Waals surface area contributed by atoms with Crippen LogP contribution in [0.25, 0.3) is 0 Å². The number of halogens is 5. The first kappa shape index (κ1) is 30.6. The summed E-state index contributed by atoms with van der Waals surface area (Å²) in [5, 5.41) is 2.98. The van der Waals surface area contributed by atoms with E-state index >= 15 is 0 Å². The van der Waals surface area contributed by atoms with E-state index in [0.717, 1.165) is 24.3 Å². The molecule has 6 nitrogen and oxygen atoms in total. The van der Waals surface area contributed by atoms with E-state index in [0.29, 0.717) is 55.7 Å². The zero-order valence-electron chi connectivity index (χ0n) is 23.6. The Hall–Kier alpha value is -3.83. The summed E-state index contributed by atoms with van der Waals surface area (Å²) in [6.45, 7) is 2.72. The monoisotopic (exact) mass is 601 g/mol. The number of amides is 2. The highest BCUT2D eigenvalue weighted by Crippen LogP contribution is 2.39. The number of alkyl halides is 3. The fraction of sp³-hybridized carbons (Fsp3) is 0.375. The SMILES string of the molecule is CC(=O)NC1(c2ccc(C(F)(F)F)cc2)CCN(CCC2(c3ccc(F)c(F)c3)CN(c3ccccc3)C(=O)CO2)CC1. The van der Waals surface area contributed by atoms with Crippen molar-refractivity contribution >= 4 is 17.5 Å². The molecule has 0 bridgehead atoms. The Morgan fingerprint density at radius 2 is 1.58 bits per heavy atom. The molecule has 2 aliphatic rings. The number of hydrogen-bond donors (Lipinski definition) is 1. The molecule has 1 unspecified atom stereocenters. The lowest BCUT2D eigenvalue weighted by atomic mass is 9.80. The van der Waals surface area contributed by atoms with E-state index in [1.807, 2.05) is 18.2 Å². The van der Waals surface area contributed by atoms with Crippen LogP contribution in [-0.4, -0.2) is 49.5 Å². The number of morpholine rings is 1. The lowest BCUT2D eigenvalue weighted by Gasteiger charge is -2.46. The molecule has 0 spiro atoms. The predicted molar refractivity (Wildman–Crippen MR) is 150 cm³/mol. The van der Waals surface area contributed by atoms with Crippen LogP contribution in [0.15, 0.2) is 72.8 Å². The number of ether oxygens (including phenoxy) is 1. The molecule has 3 aromatic carbocycles. The van der Waals surface area contributed by atoms with Gasteiger partial charge in [-0.1, -0.05) is 36.4 Å². The Bertz CT molecular complexity index is 1460. The van der Waals surface area contributed by atoms with Crippen LogP contribution >= 0.6 is 0 Å². The molecular weight excluding hydrogens is 569 g/mol. The third-order valence-corrected chi connectivity index (χ3v) is 8.42. The van der Waals surface area contributed by atoms with Crippen molar-refractivity contribution in [1.29, 1.82) is 0 Å². The van der Waals surface area contributed by atoms with E-state index in [1.165, 1.54) is 25.1 Å². The van der Waals surface area contributed by atoms with Crippen LogP contribution in [0.2, 0.25) is 0 Å². The van der Waals surface area contributed by atoms with Gasteiger partial charge in [0.15, 0.2) is 11.6 Å². The number of nitrogens with one attached hydrogen (secondary N) is 1. The minimum Gasteiger partial charge on any atom is -0.359 e. The van der Waals surface area contributed by atoms with E-state index in [2.05, 4.69) is 10.2 Å². The van der Waals surface area contributed by atoms with Gasteiger partial charge in [0.25, 0.3) is 5.91 Å². The van der Waals surface area contributed by atoms with Crippen molar-refractivity contribution in [3.8, 4) is 0 Å². The van der Waals surface area contributed by atoms with Gasteiger partial charge >= 0.3 is 6.18 Å². The van der Waals surface area contributed by atoms with E-state index in [4.69, 9.17) is 4.74 Å². The number of carbonyl (C=O) groups is 2. The first-order chi connectivity index (χ1) is 20.4. The van der Waals surface area contributed by atoms with Crippen molar-refractivity contribution in [2.45, 2.75) is 43.5 Å². The topological polar surface area (TPSA) is 61.9 Å². The highest BCUT2D eigenvalue weighted by molar-refractivity contribution is 5.95. The molecule has 0 aliphatic carbocycles. The van der Waals surface area contributed by atoms with Crippen molar-refractivity contribution in [2.24, 2.45) is 0 Å². The van der Waals surface area contributed by atoms with Gasteiger partial charge in [0.05, 0.1) is 17.6 Å². The molecule has 1 atom stereocenters. The third kappa shape index (κ3) is 6.57. The van der Waals surface area contributed by atoms with E-state index in [9.17, 15) is 31.5 Å². The fourth-order valence-corrected chi connectivity index (χ4v) is 6.06. The van der Waals surface area contributed by atoms with Gasteiger partial charge in [0, 0.05) is 32.2 Å². The molecule has 0 radical (unpaired) electrons. The maximum Gasteiger partial charge on any atom is 0.416 e. The molecule has 3 aromatic rings. The number of carbonyl (C=O) groups excluding carboxylic acids is 2. The van der Waals surface area contributed by atoms with E-state index in [1.54, 1.807) is 17.0 Å². The molecular formula is C32H32F5N3O3. The van der Waals surface area contributed by atoms with Crippen LogP contribution in [0.4, 0.5) is 27.6 Å². The summed E-state index contributed by atoms with van der Waals surface area (Å²) in [6.07, 6.45) is -3.21. The van der Waals surface area contributed by atoms with Crippen molar-refractivity contribution in [2.75, 3.05) is 37.7 Å². The van der Waals surface area contributed by atoms with Crippen molar-refractivity contribution in [3.63, 3.8) is 0 Å². The average Bonchev–Trinajstić information content (AvgIpc) is 2.99. The van der Waals surface area contributed by atoms with E-state index < -0.39 is 34.5 Å². The third-order valence-electron chi connectivity index (χ3n) is 8.42. The summed E-state index contributed by atoms with van der Waals surface area (Å²) in [6, 6.07) is 17.6. The summed E-state index contributed by atoms with van der Waals surface area (Å²) < 4.78 is 73.9. The Morgan fingerprint density at radius 3 is 2.19 bits per heavy atom. The number of anilines is 1. The van der Waals surface area contributed by atoms with Gasteiger partial charge < -0.3 is 19.9 Å². The molecule has 5 rings (SSSR count). The van der Waals surface area contributed by atoms with Crippen LogP contribution in [-0.2, 0) is 31.6 Å². The molecule has 0 aromatic heterocycles. The van der Waals surface area contributed by atoms with Gasteiger partial charge in [-0.15, -0.1) is 0 Å². The minimum atomic E-state index is -4.46. The maximum atomic E-state index is 14.4. The molecule has 2 aliphatic heterocycles. The summed E-state index contributed by atoms with van der Waals surface area (Å²) in [4.78, 5) is 28.7. The highest BCUT2D eigenvalue weighted by atomic mass is 19.4. The number of para-hydroxylation sites is 1. The maximum absolute atomic E-state index is 14.4. The van der Waals surface area contributed by atoms with Gasteiger partial charge in [-0.3, -0.25) is 9.59 Å². The molecule has 43 heavy (non-hydrogen) atoms. The summed E-state index contributed by atoms with van der Waals surface area (Å²) in [7, 11) is 0. The Morgan fingerprint density at radius 1 is 0.930 bits per heavy atom. The first-order valence-electron chi connectivity index (χ1n) is 14.0. The van der Waals surface area contributed by atoms with Crippen LogP contribution in [0, 0.1) is 11.6 Å². The molecule has 0 saturated carbocycles. The molecule has 11 heteroatoms. The summed E-state index contributed by atoms with van der Waals surface area (Å²) >= 11 is 0. The standard InChI is InChI=1S/C32H32F5N3O3/c1-22(41)38-30(23-7-9-24(10-8-23)32(35,36)37)13-16-39(17-14-30)18-15-31(25-11-12-27(33)28(34)19-25)21-40(29(42)20-43-31)26-5-3-2-4-6-26/h2-12,19H,13-18,20-21H2,1H3,(H,38,41). The number of rotatable bonds is 7.